The van der Waals surface area contributed by atoms with Crippen molar-refractivity contribution in [3.8, 4) is 0 Å². The predicted octanol–water partition coefficient (Wildman–Crippen LogP) is 3.85. The van der Waals surface area contributed by atoms with Gasteiger partial charge in [0.25, 0.3) is 0 Å². The van der Waals surface area contributed by atoms with Crippen LogP contribution in [0.15, 0.2) is 40.4 Å². The van der Waals surface area contributed by atoms with Gasteiger partial charge in [0.05, 0.1) is 0 Å². The summed E-state index contributed by atoms with van der Waals surface area (Å²) in [4.78, 5) is 11.8. The summed E-state index contributed by atoms with van der Waals surface area (Å²) in [5.74, 6) is 0.0291. The first-order valence-electron chi connectivity index (χ1n) is 6.25. The van der Waals surface area contributed by atoms with Crippen LogP contribution < -0.4 is 5.32 Å². The summed E-state index contributed by atoms with van der Waals surface area (Å²) in [6.45, 7) is 5.91. The van der Waals surface area contributed by atoms with E-state index in [0.29, 0.717) is 0 Å². The molecule has 0 saturated carbocycles. The topological polar surface area (TPSA) is 29.1 Å². The van der Waals surface area contributed by atoms with E-state index in [1.165, 1.54) is 5.56 Å². The maximum atomic E-state index is 11.8. The maximum Gasteiger partial charge on any atom is 0.246 e. The highest BCUT2D eigenvalue weighted by Crippen LogP contribution is 2.12. The van der Waals surface area contributed by atoms with E-state index in [4.69, 9.17) is 0 Å². The molecule has 1 amide bonds. The Morgan fingerprint density at radius 3 is 2.56 bits per heavy atom. The van der Waals surface area contributed by atoms with E-state index in [0.717, 1.165) is 22.9 Å². The minimum atomic E-state index is 0.0291. The molecule has 1 atom stereocenters. The van der Waals surface area contributed by atoms with Crippen molar-refractivity contribution in [2.75, 3.05) is 0 Å². The van der Waals surface area contributed by atoms with Gasteiger partial charge >= 0.3 is 0 Å². The number of nitrogens with one attached hydrogen (secondary N) is 1. The van der Waals surface area contributed by atoms with Crippen molar-refractivity contribution in [1.29, 1.82) is 0 Å². The molecule has 1 aromatic rings. The van der Waals surface area contributed by atoms with Crippen LogP contribution >= 0.6 is 15.9 Å². The molecule has 98 valence electrons. The molecule has 3 heteroatoms. The fourth-order valence-corrected chi connectivity index (χ4v) is 2.03. The first-order chi connectivity index (χ1) is 8.52. The molecule has 1 unspecified atom stereocenters. The van der Waals surface area contributed by atoms with Gasteiger partial charge in [0.2, 0.25) is 5.91 Å². The summed E-state index contributed by atoms with van der Waals surface area (Å²) in [5, 5.41) is 3.01. The second-order valence-corrected chi connectivity index (χ2v) is 5.42. The third-order valence-corrected chi connectivity index (χ3v) is 3.23. The van der Waals surface area contributed by atoms with E-state index in [1.54, 1.807) is 0 Å². The predicted molar refractivity (Wildman–Crippen MR) is 79.5 cm³/mol. The van der Waals surface area contributed by atoms with Crippen LogP contribution in [0.2, 0.25) is 0 Å². The molecule has 0 spiro atoms. The number of carbonyl (C=O) groups is 1. The second kappa shape index (κ2) is 7.37. The highest BCUT2D eigenvalue weighted by atomic mass is 79.9. The van der Waals surface area contributed by atoms with Gasteiger partial charge in [-0.2, -0.15) is 0 Å². The zero-order chi connectivity index (χ0) is 13.5. The molecule has 0 heterocycles. The largest absolute Gasteiger partial charge is 0.350 e. The molecule has 0 fully saturated rings. The lowest BCUT2D eigenvalue weighted by Gasteiger charge is -2.14. The van der Waals surface area contributed by atoms with Crippen LogP contribution in [-0.4, -0.2) is 11.9 Å². The van der Waals surface area contributed by atoms with Crippen LogP contribution in [0.25, 0.3) is 0 Å². The van der Waals surface area contributed by atoms with Gasteiger partial charge in [0, 0.05) is 16.1 Å². The third kappa shape index (κ3) is 5.05. The summed E-state index contributed by atoms with van der Waals surface area (Å²) in [7, 11) is 0. The molecule has 1 N–H and O–H groups in total. The molecule has 1 rings (SSSR count). The van der Waals surface area contributed by atoms with Crippen LogP contribution in [0.1, 0.15) is 32.8 Å². The van der Waals surface area contributed by atoms with E-state index in [1.807, 2.05) is 39.0 Å². The van der Waals surface area contributed by atoms with Gasteiger partial charge in [-0.05, 0) is 44.4 Å². The summed E-state index contributed by atoms with van der Waals surface area (Å²) < 4.78 is 1.07. The first-order valence-corrected chi connectivity index (χ1v) is 7.04. The first kappa shape index (κ1) is 15.0. The zero-order valence-corrected chi connectivity index (χ0v) is 12.8. The van der Waals surface area contributed by atoms with Gasteiger partial charge in [-0.1, -0.05) is 41.1 Å². The van der Waals surface area contributed by atoms with Gasteiger partial charge < -0.3 is 5.32 Å². The maximum absolute atomic E-state index is 11.8. The van der Waals surface area contributed by atoms with Crippen molar-refractivity contribution in [2.24, 2.45) is 0 Å². The lowest BCUT2D eigenvalue weighted by molar-refractivity contribution is -0.118. The molecule has 0 aliphatic rings. The van der Waals surface area contributed by atoms with Crippen LogP contribution in [0.3, 0.4) is 0 Å². The van der Waals surface area contributed by atoms with E-state index in [9.17, 15) is 4.79 Å². The molecule has 0 radical (unpaired) electrons. The highest BCUT2D eigenvalue weighted by Gasteiger charge is 2.09. The van der Waals surface area contributed by atoms with E-state index >= 15 is 0 Å². The Kier molecular flexibility index (Phi) is 6.13. The molecular weight excluding hydrogens is 290 g/mol. The number of benzene rings is 1. The SMILES string of the molecule is CCC=C(C)C(=O)NC(C)Cc1ccc(Br)cc1. The average Bonchev–Trinajstić information content (AvgIpc) is 2.32. The van der Waals surface area contributed by atoms with Crippen LogP contribution in [-0.2, 0) is 11.2 Å². The number of rotatable bonds is 5. The van der Waals surface area contributed by atoms with E-state index in [-0.39, 0.29) is 11.9 Å². The van der Waals surface area contributed by atoms with Crippen molar-refractivity contribution >= 4 is 21.8 Å². The molecule has 0 saturated heterocycles. The van der Waals surface area contributed by atoms with Gasteiger partial charge in [-0.3, -0.25) is 4.79 Å². The molecule has 0 aliphatic heterocycles. The van der Waals surface area contributed by atoms with Crippen molar-refractivity contribution < 1.29 is 4.79 Å². The normalized spacial score (nSPS) is 13.2. The zero-order valence-electron chi connectivity index (χ0n) is 11.2. The van der Waals surface area contributed by atoms with E-state index in [2.05, 4.69) is 33.4 Å². The van der Waals surface area contributed by atoms with Crippen molar-refractivity contribution in [3.05, 3.63) is 46.0 Å². The molecule has 18 heavy (non-hydrogen) atoms. The van der Waals surface area contributed by atoms with Gasteiger partial charge in [-0.15, -0.1) is 0 Å². The smallest absolute Gasteiger partial charge is 0.246 e. The second-order valence-electron chi connectivity index (χ2n) is 4.50. The minimum Gasteiger partial charge on any atom is -0.350 e. The Balaban J connectivity index is 2.51. The van der Waals surface area contributed by atoms with Crippen LogP contribution in [0, 0.1) is 0 Å². The monoisotopic (exact) mass is 309 g/mol. The van der Waals surface area contributed by atoms with Gasteiger partial charge in [0.1, 0.15) is 0 Å². The molecular formula is C15H20BrNO. The average molecular weight is 310 g/mol. The van der Waals surface area contributed by atoms with Gasteiger partial charge in [0.15, 0.2) is 0 Å². The lowest BCUT2D eigenvalue weighted by Crippen LogP contribution is -2.34. The number of carbonyl (C=O) groups excluding carboxylic acids is 1. The standard InChI is InChI=1S/C15H20BrNO/c1-4-5-11(2)15(18)17-12(3)10-13-6-8-14(16)9-7-13/h5-9,12H,4,10H2,1-3H3,(H,17,18). The Morgan fingerprint density at radius 1 is 1.39 bits per heavy atom. The Labute approximate surface area is 118 Å². The fraction of sp³-hybridized carbons (Fsp3) is 0.400. The quantitative estimate of drug-likeness (QED) is 0.822. The van der Waals surface area contributed by atoms with Gasteiger partial charge in [-0.25, -0.2) is 0 Å². The van der Waals surface area contributed by atoms with Crippen molar-refractivity contribution in [1.82, 2.24) is 5.32 Å². The molecule has 1 aromatic carbocycles. The molecule has 0 aromatic heterocycles. The summed E-state index contributed by atoms with van der Waals surface area (Å²) in [5.41, 5.74) is 2.02. The van der Waals surface area contributed by atoms with Crippen LogP contribution in [0.4, 0.5) is 0 Å². The summed E-state index contributed by atoms with van der Waals surface area (Å²) in [6.07, 6.45) is 3.68. The highest BCUT2D eigenvalue weighted by molar-refractivity contribution is 9.10. The molecule has 0 aliphatic carbocycles. The summed E-state index contributed by atoms with van der Waals surface area (Å²) in [6, 6.07) is 8.32. The minimum absolute atomic E-state index is 0.0291. The number of hydrogen-bond acceptors (Lipinski definition) is 1. The third-order valence-electron chi connectivity index (χ3n) is 2.70. The number of allylic oxidation sites excluding steroid dienone is 1. The molecule has 2 nitrogen and oxygen atoms in total. The Morgan fingerprint density at radius 2 is 2.00 bits per heavy atom. The Bertz CT molecular complexity index is 423. The molecule has 0 bridgehead atoms. The van der Waals surface area contributed by atoms with Crippen molar-refractivity contribution in [3.63, 3.8) is 0 Å². The van der Waals surface area contributed by atoms with E-state index < -0.39 is 0 Å². The van der Waals surface area contributed by atoms with Crippen LogP contribution in [0.5, 0.6) is 0 Å². The number of halogens is 1. The summed E-state index contributed by atoms with van der Waals surface area (Å²) >= 11 is 3.41. The fourth-order valence-electron chi connectivity index (χ4n) is 1.76. The number of amides is 1. The van der Waals surface area contributed by atoms with Crippen molar-refractivity contribution in [2.45, 2.75) is 39.7 Å². The Hall–Kier alpha value is -1.09. The number of hydrogen-bond donors (Lipinski definition) is 1. The lowest BCUT2D eigenvalue weighted by atomic mass is 10.1.